The number of aromatic hydroxyl groups is 1. The number of phenols is 1. The van der Waals surface area contributed by atoms with Crippen LogP contribution in [0.5, 0.6) is 23.0 Å². The summed E-state index contributed by atoms with van der Waals surface area (Å²) in [6, 6.07) is 4.71. The van der Waals surface area contributed by atoms with Crippen LogP contribution >= 0.6 is 22.9 Å². The number of carbonyl (C=O) groups is 4. The molecule has 0 saturated heterocycles. The molecular weight excluding hydrogens is 621 g/mol. The summed E-state index contributed by atoms with van der Waals surface area (Å²) in [4.78, 5) is 49.0. The number of thiophene rings is 1. The van der Waals surface area contributed by atoms with Crippen LogP contribution in [0.2, 0.25) is 5.02 Å². The normalized spacial score (nSPS) is 13.8. The number of phenolic OH excluding ortho intramolecular Hbond substituents is 1. The Kier molecular flexibility index (Phi) is 10.2. The minimum absolute atomic E-state index is 0.00550. The third-order valence-electron chi connectivity index (χ3n) is 7.23. The monoisotopic (exact) mass is 651 g/mol. The zero-order valence-corrected chi connectivity index (χ0v) is 25.7. The zero-order chi connectivity index (χ0) is 32.3. The first-order valence-corrected chi connectivity index (χ1v) is 14.9. The first-order valence-electron chi connectivity index (χ1n) is 13.7. The van der Waals surface area contributed by atoms with E-state index >= 15 is 4.39 Å². The number of rotatable bonds is 14. The van der Waals surface area contributed by atoms with Crippen molar-refractivity contribution in [1.29, 1.82) is 0 Å². The van der Waals surface area contributed by atoms with E-state index in [1.165, 1.54) is 31.9 Å². The number of nitrogens with zero attached hydrogens (tertiary/aromatic N) is 1. The topological polar surface area (TPSA) is 160 Å². The summed E-state index contributed by atoms with van der Waals surface area (Å²) in [6.07, 6.45) is -0.0531. The smallest absolute Gasteiger partial charge is 0.306 e. The van der Waals surface area contributed by atoms with Gasteiger partial charge in [0.15, 0.2) is 34.6 Å². The number of aliphatic carboxylic acids is 2. The maximum absolute atomic E-state index is 15.3. The quantitative estimate of drug-likeness (QED) is 0.150. The molecule has 0 bridgehead atoms. The van der Waals surface area contributed by atoms with Gasteiger partial charge in [0.05, 0.1) is 41.7 Å². The van der Waals surface area contributed by atoms with E-state index in [1.807, 2.05) is 0 Å². The number of carbonyl (C=O) groups excluding carboxylic acids is 2. The second-order valence-corrected chi connectivity index (χ2v) is 12.0. The van der Waals surface area contributed by atoms with Gasteiger partial charge in [0, 0.05) is 37.9 Å². The Bertz CT molecular complexity index is 1620. The van der Waals surface area contributed by atoms with Crippen molar-refractivity contribution in [1.82, 2.24) is 4.90 Å². The third-order valence-corrected chi connectivity index (χ3v) is 8.92. The van der Waals surface area contributed by atoms with Crippen molar-refractivity contribution in [3.05, 3.63) is 45.0 Å². The lowest BCUT2D eigenvalue weighted by Crippen LogP contribution is -2.28. The summed E-state index contributed by atoms with van der Waals surface area (Å²) in [7, 11) is 1.30. The number of amides is 1. The second-order valence-electron chi connectivity index (χ2n) is 10.5. The number of methoxy groups -OCH3 is 1. The number of hydrogen-bond donors (Lipinski definition) is 3. The fourth-order valence-corrected chi connectivity index (χ4v) is 6.00. The lowest BCUT2D eigenvalue weighted by molar-refractivity contribution is -0.145. The number of carboxylic acid groups (broad SMARTS) is 2. The van der Waals surface area contributed by atoms with E-state index in [4.69, 9.17) is 36.0 Å². The maximum atomic E-state index is 15.3. The highest BCUT2D eigenvalue weighted by atomic mass is 35.5. The summed E-state index contributed by atoms with van der Waals surface area (Å²) in [5, 5.41) is 29.3. The number of ketones is 1. The standard InChI is InChI=1S/C30H31ClFNO10S/c1-14(29(37)38)7-19(34)22-11-16-9-20(26(36)24(31)28(16)44-22)42-5-4-6-43-21-10-17-12-33(23(35)8-15(2)30(39)40)13-18(17)25(32)27(21)41-3/h9-11,14-15,36H,4-8,12-13H2,1-3H3,(H,37,38)(H,39,40). The van der Waals surface area contributed by atoms with Crippen molar-refractivity contribution >= 4 is 56.7 Å². The molecule has 1 aliphatic rings. The van der Waals surface area contributed by atoms with Gasteiger partial charge in [-0.1, -0.05) is 25.4 Å². The molecular formula is C30H31ClFNO10S. The summed E-state index contributed by atoms with van der Waals surface area (Å²) < 4.78 is 32.4. The van der Waals surface area contributed by atoms with Crippen molar-refractivity contribution < 1.29 is 53.1 Å². The van der Waals surface area contributed by atoms with Gasteiger partial charge in [-0.05, 0) is 29.1 Å². The molecule has 1 aromatic heterocycles. The summed E-state index contributed by atoms with van der Waals surface area (Å²) in [5.74, 6) is -5.46. The second kappa shape index (κ2) is 13.7. The predicted octanol–water partition coefficient (Wildman–Crippen LogP) is 5.50. The first-order chi connectivity index (χ1) is 20.8. The van der Waals surface area contributed by atoms with Crippen LogP contribution in [-0.2, 0) is 27.5 Å². The number of fused-ring (bicyclic) bond motifs is 2. The highest BCUT2D eigenvalue weighted by Crippen LogP contribution is 2.44. The van der Waals surface area contributed by atoms with E-state index in [0.717, 1.165) is 11.3 Å². The van der Waals surface area contributed by atoms with E-state index < -0.39 is 35.5 Å². The van der Waals surface area contributed by atoms with Crippen LogP contribution in [0.1, 0.15) is 53.9 Å². The Balaban J connectivity index is 1.37. The van der Waals surface area contributed by atoms with Crippen molar-refractivity contribution in [2.24, 2.45) is 11.8 Å². The van der Waals surface area contributed by atoms with E-state index in [0.29, 0.717) is 26.9 Å². The Morgan fingerprint density at radius 1 is 1.00 bits per heavy atom. The fourth-order valence-electron chi connectivity index (χ4n) is 4.66. The SMILES string of the molecule is COc1c(OCCCOc2cc3cc(C(=O)CC(C)C(=O)O)sc3c(Cl)c2O)cc2c(c1F)CN(C(=O)CC(C)C(=O)O)C2. The molecule has 0 spiro atoms. The summed E-state index contributed by atoms with van der Waals surface area (Å²) in [6.45, 7) is 3.16. The highest BCUT2D eigenvalue weighted by Gasteiger charge is 2.31. The van der Waals surface area contributed by atoms with Crippen LogP contribution < -0.4 is 14.2 Å². The first kappa shape index (κ1) is 32.8. The van der Waals surface area contributed by atoms with Crippen LogP contribution in [0.3, 0.4) is 0 Å². The number of benzene rings is 2. The van der Waals surface area contributed by atoms with Gasteiger partial charge in [-0.2, -0.15) is 0 Å². The van der Waals surface area contributed by atoms with Gasteiger partial charge in [0.2, 0.25) is 5.91 Å². The third kappa shape index (κ3) is 6.99. The van der Waals surface area contributed by atoms with Gasteiger partial charge < -0.3 is 34.4 Å². The van der Waals surface area contributed by atoms with Gasteiger partial charge >= 0.3 is 11.9 Å². The molecule has 44 heavy (non-hydrogen) atoms. The number of carboxylic acids is 2. The molecule has 2 aromatic carbocycles. The van der Waals surface area contributed by atoms with Gasteiger partial charge in [0.25, 0.3) is 0 Å². The molecule has 2 unspecified atom stereocenters. The number of halogens is 2. The molecule has 2 heterocycles. The lowest BCUT2D eigenvalue weighted by Gasteiger charge is -2.16. The molecule has 0 saturated carbocycles. The van der Waals surface area contributed by atoms with E-state index in [-0.39, 0.29) is 78.5 Å². The van der Waals surface area contributed by atoms with Crippen molar-refractivity contribution in [2.75, 3.05) is 20.3 Å². The van der Waals surface area contributed by atoms with Crippen LogP contribution in [0, 0.1) is 17.7 Å². The van der Waals surface area contributed by atoms with Crippen molar-refractivity contribution in [3.63, 3.8) is 0 Å². The minimum Gasteiger partial charge on any atom is -0.503 e. The number of hydrogen-bond acceptors (Lipinski definition) is 9. The van der Waals surface area contributed by atoms with Gasteiger partial charge in [-0.3, -0.25) is 19.2 Å². The van der Waals surface area contributed by atoms with Crippen molar-refractivity contribution in [2.45, 2.75) is 46.2 Å². The molecule has 2 atom stereocenters. The van der Waals surface area contributed by atoms with Crippen LogP contribution in [-0.4, -0.2) is 64.2 Å². The molecule has 0 radical (unpaired) electrons. The molecule has 3 aromatic rings. The molecule has 1 aliphatic heterocycles. The van der Waals surface area contributed by atoms with Crippen molar-refractivity contribution in [3.8, 4) is 23.0 Å². The zero-order valence-electron chi connectivity index (χ0n) is 24.1. The van der Waals surface area contributed by atoms with Gasteiger partial charge in [-0.25, -0.2) is 4.39 Å². The largest absolute Gasteiger partial charge is 0.503 e. The lowest BCUT2D eigenvalue weighted by atomic mass is 10.0. The molecule has 0 fully saturated rings. The Morgan fingerprint density at radius 3 is 2.27 bits per heavy atom. The van der Waals surface area contributed by atoms with Gasteiger partial charge in [0.1, 0.15) is 5.02 Å². The average Bonchev–Trinajstić information content (AvgIpc) is 3.60. The molecule has 4 rings (SSSR count). The summed E-state index contributed by atoms with van der Waals surface area (Å²) >= 11 is 7.40. The number of Topliss-reactive ketones (excluding diaryl/α,β-unsaturated/α-hetero) is 1. The van der Waals surface area contributed by atoms with E-state index in [1.54, 1.807) is 12.1 Å². The Labute approximate surface area is 260 Å². The molecule has 3 N–H and O–H groups in total. The molecule has 0 aliphatic carbocycles. The molecule has 11 nitrogen and oxygen atoms in total. The predicted molar refractivity (Wildman–Crippen MR) is 158 cm³/mol. The van der Waals surface area contributed by atoms with E-state index in [2.05, 4.69) is 0 Å². The van der Waals surface area contributed by atoms with Gasteiger partial charge in [-0.15, -0.1) is 11.3 Å². The number of ether oxygens (including phenoxy) is 3. The minimum atomic E-state index is -1.09. The highest BCUT2D eigenvalue weighted by molar-refractivity contribution is 7.21. The Hall–Kier alpha value is -4.10. The molecule has 1 amide bonds. The molecule has 14 heteroatoms. The summed E-state index contributed by atoms with van der Waals surface area (Å²) in [5.41, 5.74) is 0.816. The fraction of sp³-hybridized carbons (Fsp3) is 0.400. The maximum Gasteiger partial charge on any atom is 0.306 e. The van der Waals surface area contributed by atoms with Crippen LogP contribution in [0.4, 0.5) is 4.39 Å². The van der Waals surface area contributed by atoms with Crippen LogP contribution in [0.25, 0.3) is 10.1 Å². The average molecular weight is 652 g/mol. The Morgan fingerprint density at radius 2 is 1.64 bits per heavy atom. The molecule has 236 valence electrons. The van der Waals surface area contributed by atoms with Crippen LogP contribution in [0.15, 0.2) is 18.2 Å². The van der Waals surface area contributed by atoms with E-state index in [9.17, 15) is 24.3 Å².